The minimum Gasteiger partial charge on any atom is -0.504 e. The second kappa shape index (κ2) is 6.17. The van der Waals surface area contributed by atoms with Crippen LogP contribution in [0.5, 0.6) is 11.5 Å². The molecule has 0 aliphatic carbocycles. The molecule has 1 unspecified atom stereocenters. The van der Waals surface area contributed by atoms with E-state index in [1.807, 2.05) is 0 Å². The molecule has 100 valence electrons. The number of halogens is 1. The maximum absolute atomic E-state index is 10.5. The number of hydrogen-bond acceptors (Lipinski definition) is 6. The SMILES string of the molecule is Br.NC(Cc1cc([N+](=O)[O-])cc(O)c1O)C(=O)O. The number of nitro groups is 1. The van der Waals surface area contributed by atoms with Crippen LogP contribution in [0.4, 0.5) is 5.69 Å². The van der Waals surface area contributed by atoms with Gasteiger partial charge in [-0.15, -0.1) is 17.0 Å². The molecule has 0 saturated heterocycles. The van der Waals surface area contributed by atoms with Crippen LogP contribution in [0.3, 0.4) is 0 Å². The van der Waals surface area contributed by atoms with Crippen molar-refractivity contribution in [3.63, 3.8) is 0 Å². The second-order valence-electron chi connectivity index (χ2n) is 3.38. The zero-order valence-corrected chi connectivity index (χ0v) is 10.7. The molecule has 0 bridgehead atoms. The smallest absolute Gasteiger partial charge is 0.320 e. The zero-order chi connectivity index (χ0) is 13.2. The molecule has 0 aliphatic heterocycles. The highest BCUT2D eigenvalue weighted by molar-refractivity contribution is 8.93. The number of carbonyl (C=O) groups is 1. The standard InChI is InChI=1S/C9H10N2O6.BrH/c10-6(9(14)15)2-4-1-5(11(16)17)3-7(12)8(4)13;/h1,3,6,12-13H,2,10H2,(H,14,15);1H. The molecule has 0 fully saturated rings. The van der Waals surface area contributed by atoms with Gasteiger partial charge in [0.05, 0.1) is 11.0 Å². The number of non-ortho nitro benzene ring substituents is 1. The highest BCUT2D eigenvalue weighted by Gasteiger charge is 2.20. The molecule has 0 radical (unpaired) electrons. The Labute approximate surface area is 112 Å². The quantitative estimate of drug-likeness (QED) is 0.359. The molecule has 5 N–H and O–H groups in total. The molecule has 18 heavy (non-hydrogen) atoms. The number of hydrogen-bond donors (Lipinski definition) is 4. The average Bonchev–Trinajstić information content (AvgIpc) is 2.23. The number of phenolic OH excluding ortho intramolecular Hbond substituents is 2. The summed E-state index contributed by atoms with van der Waals surface area (Å²) < 4.78 is 0. The Balaban J connectivity index is 0.00000289. The van der Waals surface area contributed by atoms with Crippen LogP contribution in [-0.4, -0.2) is 32.3 Å². The first kappa shape index (κ1) is 16.1. The van der Waals surface area contributed by atoms with Gasteiger partial charge in [-0.3, -0.25) is 14.9 Å². The van der Waals surface area contributed by atoms with Gasteiger partial charge in [-0.2, -0.15) is 0 Å². The van der Waals surface area contributed by atoms with Gasteiger partial charge in [-0.1, -0.05) is 0 Å². The topological polar surface area (TPSA) is 147 Å². The maximum Gasteiger partial charge on any atom is 0.320 e. The Kier molecular flexibility index (Phi) is 5.53. The number of carboxylic acids is 1. The first-order valence-corrected chi connectivity index (χ1v) is 4.50. The monoisotopic (exact) mass is 322 g/mol. The minimum absolute atomic E-state index is 0. The third-order valence-electron chi connectivity index (χ3n) is 2.12. The van der Waals surface area contributed by atoms with Crippen molar-refractivity contribution in [2.75, 3.05) is 0 Å². The number of benzene rings is 1. The molecule has 0 saturated carbocycles. The molecule has 0 spiro atoms. The molecule has 1 aromatic rings. The minimum atomic E-state index is -1.32. The van der Waals surface area contributed by atoms with Crippen molar-refractivity contribution in [2.24, 2.45) is 5.73 Å². The maximum atomic E-state index is 10.5. The summed E-state index contributed by atoms with van der Waals surface area (Å²) in [6.45, 7) is 0. The lowest BCUT2D eigenvalue weighted by Crippen LogP contribution is -2.32. The number of nitro benzene ring substituents is 1. The first-order valence-electron chi connectivity index (χ1n) is 4.50. The van der Waals surface area contributed by atoms with Crippen molar-refractivity contribution >= 4 is 28.6 Å². The van der Waals surface area contributed by atoms with E-state index in [1.165, 1.54) is 0 Å². The lowest BCUT2D eigenvalue weighted by atomic mass is 10.0. The van der Waals surface area contributed by atoms with Gasteiger partial charge in [-0.05, 0) is 0 Å². The molecule has 9 heteroatoms. The molecule has 8 nitrogen and oxygen atoms in total. The number of carboxylic acid groups (broad SMARTS) is 1. The van der Waals surface area contributed by atoms with Crippen LogP contribution in [0.25, 0.3) is 0 Å². The van der Waals surface area contributed by atoms with Gasteiger partial charge in [0.2, 0.25) is 0 Å². The fraction of sp³-hybridized carbons (Fsp3) is 0.222. The van der Waals surface area contributed by atoms with Gasteiger partial charge in [0.25, 0.3) is 5.69 Å². The van der Waals surface area contributed by atoms with E-state index in [-0.39, 0.29) is 29.0 Å². The van der Waals surface area contributed by atoms with Crippen molar-refractivity contribution in [1.82, 2.24) is 0 Å². The summed E-state index contributed by atoms with van der Waals surface area (Å²) in [5.74, 6) is -2.60. The molecular weight excluding hydrogens is 312 g/mol. The van der Waals surface area contributed by atoms with Gasteiger partial charge < -0.3 is 21.1 Å². The van der Waals surface area contributed by atoms with Crippen LogP contribution in [-0.2, 0) is 11.2 Å². The van der Waals surface area contributed by atoms with E-state index in [2.05, 4.69) is 0 Å². The van der Waals surface area contributed by atoms with Crippen molar-refractivity contribution in [2.45, 2.75) is 12.5 Å². The zero-order valence-electron chi connectivity index (χ0n) is 8.94. The van der Waals surface area contributed by atoms with Crippen LogP contribution >= 0.6 is 17.0 Å². The van der Waals surface area contributed by atoms with E-state index in [9.17, 15) is 25.1 Å². The Bertz CT molecular complexity index is 478. The highest BCUT2D eigenvalue weighted by Crippen LogP contribution is 2.34. The lowest BCUT2D eigenvalue weighted by molar-refractivity contribution is -0.385. The summed E-state index contributed by atoms with van der Waals surface area (Å²) in [5, 5.41) is 37.7. The molecular formula is C9H11BrN2O6. The first-order chi connectivity index (χ1) is 7.82. The highest BCUT2D eigenvalue weighted by atomic mass is 79.9. The molecule has 1 aromatic carbocycles. The van der Waals surface area contributed by atoms with Crippen molar-refractivity contribution in [3.05, 3.63) is 27.8 Å². The number of aliphatic carboxylic acids is 1. The summed E-state index contributed by atoms with van der Waals surface area (Å²) in [7, 11) is 0. The summed E-state index contributed by atoms with van der Waals surface area (Å²) in [5.41, 5.74) is 4.69. The van der Waals surface area contributed by atoms with Crippen molar-refractivity contribution < 1.29 is 25.0 Å². The van der Waals surface area contributed by atoms with Gasteiger partial charge in [0.15, 0.2) is 11.5 Å². The molecule has 1 rings (SSSR count). The van der Waals surface area contributed by atoms with Crippen molar-refractivity contribution in [1.29, 1.82) is 0 Å². The van der Waals surface area contributed by atoms with Crippen molar-refractivity contribution in [3.8, 4) is 11.5 Å². The number of phenols is 2. The fourth-order valence-electron chi connectivity index (χ4n) is 1.25. The Morgan fingerprint density at radius 3 is 2.44 bits per heavy atom. The summed E-state index contributed by atoms with van der Waals surface area (Å²) >= 11 is 0. The van der Waals surface area contributed by atoms with E-state index in [0.29, 0.717) is 0 Å². The van der Waals surface area contributed by atoms with Gasteiger partial charge in [0.1, 0.15) is 6.04 Å². The lowest BCUT2D eigenvalue weighted by Gasteiger charge is -2.09. The van der Waals surface area contributed by atoms with Gasteiger partial charge in [0, 0.05) is 18.1 Å². The van der Waals surface area contributed by atoms with E-state index in [0.717, 1.165) is 12.1 Å². The largest absolute Gasteiger partial charge is 0.504 e. The van der Waals surface area contributed by atoms with E-state index < -0.39 is 34.1 Å². The fourth-order valence-corrected chi connectivity index (χ4v) is 1.25. The van der Waals surface area contributed by atoms with Crippen LogP contribution < -0.4 is 5.73 Å². The normalized spacial score (nSPS) is 11.4. The predicted octanol–water partition coefficient (Wildman–Crippen LogP) is 0.538. The molecule has 0 amide bonds. The summed E-state index contributed by atoms with van der Waals surface area (Å²) in [6.07, 6.45) is -0.323. The number of nitrogens with zero attached hydrogens (tertiary/aromatic N) is 1. The third-order valence-corrected chi connectivity index (χ3v) is 2.12. The molecule has 0 aliphatic rings. The van der Waals surface area contributed by atoms with Crippen LogP contribution in [0.1, 0.15) is 5.56 Å². The molecule has 0 heterocycles. The van der Waals surface area contributed by atoms with Crippen LogP contribution in [0.15, 0.2) is 12.1 Å². The van der Waals surface area contributed by atoms with Gasteiger partial charge in [-0.25, -0.2) is 0 Å². The number of aromatic hydroxyl groups is 2. The number of nitrogens with two attached hydrogens (primary N) is 1. The molecule has 1 atom stereocenters. The second-order valence-corrected chi connectivity index (χ2v) is 3.38. The Morgan fingerprint density at radius 1 is 1.44 bits per heavy atom. The summed E-state index contributed by atoms with van der Waals surface area (Å²) in [6, 6.07) is 0.422. The van der Waals surface area contributed by atoms with Crippen LogP contribution in [0, 0.1) is 10.1 Å². The Morgan fingerprint density at radius 2 is 2.00 bits per heavy atom. The van der Waals surface area contributed by atoms with E-state index in [4.69, 9.17) is 10.8 Å². The van der Waals surface area contributed by atoms with Crippen LogP contribution in [0.2, 0.25) is 0 Å². The van der Waals surface area contributed by atoms with E-state index in [1.54, 1.807) is 0 Å². The predicted molar refractivity (Wildman–Crippen MR) is 66.1 cm³/mol. The summed E-state index contributed by atoms with van der Waals surface area (Å²) in [4.78, 5) is 20.2. The third kappa shape index (κ3) is 3.57. The Hall–Kier alpha value is -1.87. The molecule has 0 aromatic heterocycles. The number of rotatable bonds is 4. The van der Waals surface area contributed by atoms with E-state index >= 15 is 0 Å². The van der Waals surface area contributed by atoms with Gasteiger partial charge >= 0.3 is 5.97 Å². The average molecular weight is 323 g/mol.